The molecule has 4 rings (SSSR count). The minimum Gasteiger partial charge on any atom is -0.273 e. The van der Waals surface area contributed by atoms with Crippen LogP contribution in [0.3, 0.4) is 0 Å². The molecule has 1 amide bonds. The van der Waals surface area contributed by atoms with Crippen molar-refractivity contribution in [1.82, 2.24) is 5.43 Å². The fourth-order valence-corrected chi connectivity index (χ4v) is 3.67. The fourth-order valence-electron chi connectivity index (χ4n) is 3.67. The third kappa shape index (κ3) is 2.64. The van der Waals surface area contributed by atoms with Crippen molar-refractivity contribution in [3.8, 4) is 0 Å². The minimum absolute atomic E-state index is 0.0303. The summed E-state index contributed by atoms with van der Waals surface area (Å²) in [5.74, 6) is 0.554. The van der Waals surface area contributed by atoms with Crippen molar-refractivity contribution in [2.45, 2.75) is 31.6 Å². The maximum absolute atomic E-state index is 12.7. The standard InChI is InChI=1S/C21H22N2O/c1-15(16-12-13-16)22-23-20(24)19-14-21(19,17-8-4-2-5-9-17)18-10-6-3-7-11-18/h2-11,16,19H,12-14H2,1H3,(H,23,24)/b22-15-/t19-/m0/s1. The molecule has 24 heavy (non-hydrogen) atoms. The van der Waals surface area contributed by atoms with Crippen LogP contribution in [0.5, 0.6) is 0 Å². The average molecular weight is 318 g/mol. The van der Waals surface area contributed by atoms with Crippen molar-refractivity contribution in [3.63, 3.8) is 0 Å². The lowest BCUT2D eigenvalue weighted by atomic mass is 9.85. The summed E-state index contributed by atoms with van der Waals surface area (Å²) in [6, 6.07) is 20.7. The van der Waals surface area contributed by atoms with Crippen LogP contribution in [0.15, 0.2) is 65.8 Å². The van der Waals surface area contributed by atoms with Gasteiger partial charge < -0.3 is 0 Å². The number of carbonyl (C=O) groups is 1. The molecular weight excluding hydrogens is 296 g/mol. The Hall–Kier alpha value is -2.42. The van der Waals surface area contributed by atoms with Gasteiger partial charge in [0.25, 0.3) is 0 Å². The first-order valence-electron chi connectivity index (χ1n) is 8.67. The molecule has 0 bridgehead atoms. The molecule has 2 saturated carbocycles. The van der Waals surface area contributed by atoms with Gasteiger partial charge in [0.05, 0.1) is 5.92 Å². The summed E-state index contributed by atoms with van der Waals surface area (Å²) in [5, 5.41) is 4.32. The molecule has 0 unspecified atom stereocenters. The summed E-state index contributed by atoms with van der Waals surface area (Å²) in [7, 11) is 0. The molecule has 2 fully saturated rings. The number of amides is 1. The molecule has 1 atom stereocenters. The highest BCUT2D eigenvalue weighted by Gasteiger charge is 2.60. The second-order valence-electron chi connectivity index (χ2n) is 6.96. The van der Waals surface area contributed by atoms with Crippen LogP contribution in [0, 0.1) is 11.8 Å². The normalized spacial score (nSPS) is 22.0. The second kappa shape index (κ2) is 5.90. The second-order valence-corrected chi connectivity index (χ2v) is 6.96. The molecule has 2 aromatic carbocycles. The predicted molar refractivity (Wildman–Crippen MR) is 95.7 cm³/mol. The third-order valence-corrected chi connectivity index (χ3v) is 5.37. The first-order valence-corrected chi connectivity index (χ1v) is 8.67. The van der Waals surface area contributed by atoms with E-state index in [1.165, 1.54) is 24.0 Å². The van der Waals surface area contributed by atoms with Crippen LogP contribution in [0.25, 0.3) is 0 Å². The molecule has 3 heteroatoms. The van der Waals surface area contributed by atoms with Gasteiger partial charge in [0, 0.05) is 11.1 Å². The molecule has 2 aromatic rings. The number of hydrazone groups is 1. The van der Waals surface area contributed by atoms with E-state index in [2.05, 4.69) is 34.8 Å². The quantitative estimate of drug-likeness (QED) is 0.659. The molecule has 0 radical (unpaired) electrons. The van der Waals surface area contributed by atoms with Crippen LogP contribution in [0.4, 0.5) is 0 Å². The number of hydrogen-bond donors (Lipinski definition) is 1. The van der Waals surface area contributed by atoms with Crippen LogP contribution in [0.1, 0.15) is 37.3 Å². The Morgan fingerprint density at radius 1 is 1.00 bits per heavy atom. The van der Waals surface area contributed by atoms with E-state index < -0.39 is 0 Å². The average Bonchev–Trinajstić information content (AvgIpc) is 3.54. The topological polar surface area (TPSA) is 41.5 Å². The Kier molecular flexibility index (Phi) is 3.72. The molecule has 2 aliphatic rings. The summed E-state index contributed by atoms with van der Waals surface area (Å²) in [6.07, 6.45) is 3.24. The van der Waals surface area contributed by atoms with Gasteiger partial charge in [-0.3, -0.25) is 4.79 Å². The highest BCUT2D eigenvalue weighted by molar-refractivity contribution is 5.90. The Morgan fingerprint density at radius 2 is 1.54 bits per heavy atom. The van der Waals surface area contributed by atoms with Gasteiger partial charge >= 0.3 is 0 Å². The number of benzene rings is 2. The summed E-state index contributed by atoms with van der Waals surface area (Å²) in [5.41, 5.74) is 6.06. The summed E-state index contributed by atoms with van der Waals surface area (Å²) >= 11 is 0. The molecule has 0 aromatic heterocycles. The molecule has 0 aliphatic heterocycles. The molecule has 122 valence electrons. The maximum atomic E-state index is 12.7. The number of nitrogens with one attached hydrogen (secondary N) is 1. The monoisotopic (exact) mass is 318 g/mol. The zero-order valence-corrected chi connectivity index (χ0v) is 13.9. The van der Waals surface area contributed by atoms with Crippen molar-refractivity contribution in [2.24, 2.45) is 16.9 Å². The lowest BCUT2D eigenvalue weighted by molar-refractivity contribution is -0.122. The van der Waals surface area contributed by atoms with E-state index in [4.69, 9.17) is 0 Å². The van der Waals surface area contributed by atoms with Crippen LogP contribution < -0.4 is 5.43 Å². The van der Waals surface area contributed by atoms with Gasteiger partial charge in [-0.05, 0) is 43.2 Å². The molecule has 0 spiro atoms. The number of carbonyl (C=O) groups excluding carboxylic acids is 1. The summed E-state index contributed by atoms with van der Waals surface area (Å²) in [4.78, 5) is 12.7. The van der Waals surface area contributed by atoms with Crippen molar-refractivity contribution < 1.29 is 4.79 Å². The van der Waals surface area contributed by atoms with E-state index >= 15 is 0 Å². The van der Waals surface area contributed by atoms with Gasteiger partial charge in [-0.25, -0.2) is 5.43 Å². The van der Waals surface area contributed by atoms with E-state index in [-0.39, 0.29) is 17.2 Å². The highest BCUT2D eigenvalue weighted by atomic mass is 16.2. The van der Waals surface area contributed by atoms with Crippen LogP contribution in [0.2, 0.25) is 0 Å². The van der Waals surface area contributed by atoms with Gasteiger partial charge in [0.2, 0.25) is 5.91 Å². The van der Waals surface area contributed by atoms with E-state index in [1.54, 1.807) is 0 Å². The van der Waals surface area contributed by atoms with Gasteiger partial charge in [-0.15, -0.1) is 0 Å². The van der Waals surface area contributed by atoms with E-state index in [0.29, 0.717) is 5.92 Å². The number of nitrogens with zero attached hydrogens (tertiary/aromatic N) is 1. The Morgan fingerprint density at radius 3 is 2.04 bits per heavy atom. The van der Waals surface area contributed by atoms with Gasteiger partial charge in [0.15, 0.2) is 0 Å². The maximum Gasteiger partial charge on any atom is 0.244 e. The summed E-state index contributed by atoms with van der Waals surface area (Å²) < 4.78 is 0. The zero-order valence-electron chi connectivity index (χ0n) is 13.9. The Balaban J connectivity index is 1.60. The lowest BCUT2D eigenvalue weighted by Gasteiger charge is -2.18. The van der Waals surface area contributed by atoms with Crippen LogP contribution in [-0.2, 0) is 10.2 Å². The largest absolute Gasteiger partial charge is 0.273 e. The van der Waals surface area contributed by atoms with E-state index in [1.807, 2.05) is 43.3 Å². The van der Waals surface area contributed by atoms with E-state index in [9.17, 15) is 4.79 Å². The third-order valence-electron chi connectivity index (χ3n) is 5.37. The molecule has 3 nitrogen and oxygen atoms in total. The zero-order chi connectivity index (χ0) is 16.6. The van der Waals surface area contributed by atoms with Crippen LogP contribution >= 0.6 is 0 Å². The fraction of sp³-hybridized carbons (Fsp3) is 0.333. The van der Waals surface area contributed by atoms with Crippen molar-refractivity contribution in [3.05, 3.63) is 71.8 Å². The predicted octanol–water partition coefficient (Wildman–Crippen LogP) is 3.89. The van der Waals surface area contributed by atoms with Crippen LogP contribution in [-0.4, -0.2) is 11.6 Å². The number of hydrogen-bond acceptors (Lipinski definition) is 2. The molecule has 0 heterocycles. The molecular formula is C21H22N2O. The number of rotatable bonds is 5. The molecule has 0 saturated heterocycles. The van der Waals surface area contributed by atoms with Gasteiger partial charge in [-0.1, -0.05) is 60.7 Å². The first kappa shape index (κ1) is 15.1. The summed E-state index contributed by atoms with van der Waals surface area (Å²) in [6.45, 7) is 2.01. The van der Waals surface area contributed by atoms with Gasteiger partial charge in [-0.2, -0.15) is 5.10 Å². The molecule has 2 aliphatic carbocycles. The lowest BCUT2D eigenvalue weighted by Crippen LogP contribution is -2.26. The first-order chi connectivity index (χ1) is 11.7. The van der Waals surface area contributed by atoms with Crippen molar-refractivity contribution >= 4 is 11.6 Å². The SMILES string of the molecule is C/C(=N/NC(=O)[C@@H]1CC1(c1ccccc1)c1ccccc1)C1CC1. The van der Waals surface area contributed by atoms with Gasteiger partial charge in [0.1, 0.15) is 0 Å². The molecule has 1 N–H and O–H groups in total. The van der Waals surface area contributed by atoms with Crippen molar-refractivity contribution in [2.75, 3.05) is 0 Å². The highest BCUT2D eigenvalue weighted by Crippen LogP contribution is 2.58. The van der Waals surface area contributed by atoms with E-state index in [0.717, 1.165) is 12.1 Å². The smallest absolute Gasteiger partial charge is 0.244 e. The Labute approximate surface area is 142 Å². The Bertz CT molecular complexity index is 723. The van der Waals surface area contributed by atoms with Crippen molar-refractivity contribution in [1.29, 1.82) is 0 Å². The minimum atomic E-state index is -0.213.